The number of hydrogen-bond donors (Lipinski definition) is 1. The summed E-state index contributed by atoms with van der Waals surface area (Å²) in [6.07, 6.45) is 3.53. The third kappa shape index (κ3) is 3.32. The lowest BCUT2D eigenvalue weighted by molar-refractivity contribution is 0.473. The highest BCUT2D eigenvalue weighted by molar-refractivity contribution is 6.31. The SMILES string of the molecule is CCNC(Cc1ccncc1Cl)c1c(F)cccc1F. The second-order valence-electron chi connectivity index (χ2n) is 4.42. The van der Waals surface area contributed by atoms with Crippen molar-refractivity contribution in [3.05, 3.63) is 64.4 Å². The summed E-state index contributed by atoms with van der Waals surface area (Å²) in [5.41, 5.74) is 0.845. The molecular weight excluding hydrogens is 282 g/mol. The van der Waals surface area contributed by atoms with Gasteiger partial charge in [-0.1, -0.05) is 24.6 Å². The van der Waals surface area contributed by atoms with Gasteiger partial charge >= 0.3 is 0 Å². The molecule has 0 spiro atoms. The number of nitrogens with one attached hydrogen (secondary N) is 1. The standard InChI is InChI=1S/C15H15ClF2N2/c1-2-20-14(8-10-6-7-19-9-11(10)16)15-12(17)4-3-5-13(15)18/h3-7,9,14,20H,2,8H2,1H3. The molecule has 2 nitrogen and oxygen atoms in total. The lowest BCUT2D eigenvalue weighted by Gasteiger charge is -2.20. The van der Waals surface area contributed by atoms with Gasteiger partial charge in [0.15, 0.2) is 0 Å². The number of likely N-dealkylation sites (N-methyl/N-ethyl adjacent to an activating group) is 1. The van der Waals surface area contributed by atoms with Crippen molar-refractivity contribution in [2.75, 3.05) is 6.54 Å². The van der Waals surface area contributed by atoms with E-state index in [1.54, 1.807) is 12.3 Å². The fraction of sp³-hybridized carbons (Fsp3) is 0.267. The number of aromatic nitrogens is 1. The van der Waals surface area contributed by atoms with Crippen LogP contribution >= 0.6 is 11.6 Å². The Morgan fingerprint density at radius 3 is 2.55 bits per heavy atom. The second-order valence-corrected chi connectivity index (χ2v) is 4.82. The minimum absolute atomic E-state index is 0.0437. The lowest BCUT2D eigenvalue weighted by Crippen LogP contribution is -2.25. The monoisotopic (exact) mass is 296 g/mol. The molecule has 0 saturated carbocycles. The molecule has 2 aromatic rings. The zero-order chi connectivity index (χ0) is 14.5. The number of hydrogen-bond acceptors (Lipinski definition) is 2. The highest BCUT2D eigenvalue weighted by atomic mass is 35.5. The predicted octanol–water partition coefficient (Wildman–Crippen LogP) is 3.91. The van der Waals surface area contributed by atoms with E-state index in [0.29, 0.717) is 18.0 Å². The molecule has 5 heteroatoms. The van der Waals surface area contributed by atoms with Crippen LogP contribution in [0.4, 0.5) is 8.78 Å². The maximum absolute atomic E-state index is 13.9. The van der Waals surface area contributed by atoms with E-state index in [2.05, 4.69) is 10.3 Å². The summed E-state index contributed by atoms with van der Waals surface area (Å²) >= 11 is 6.06. The smallest absolute Gasteiger partial charge is 0.130 e. The van der Waals surface area contributed by atoms with Gasteiger partial charge in [-0.15, -0.1) is 0 Å². The molecule has 0 aliphatic carbocycles. The van der Waals surface area contributed by atoms with Crippen LogP contribution in [0.5, 0.6) is 0 Å². The van der Waals surface area contributed by atoms with Gasteiger partial charge in [-0.05, 0) is 36.7 Å². The number of rotatable bonds is 5. The van der Waals surface area contributed by atoms with E-state index in [1.807, 2.05) is 6.92 Å². The fourth-order valence-electron chi connectivity index (χ4n) is 2.16. The molecule has 1 N–H and O–H groups in total. The Morgan fingerprint density at radius 1 is 1.25 bits per heavy atom. The summed E-state index contributed by atoms with van der Waals surface area (Å²) in [5, 5.41) is 3.59. The zero-order valence-corrected chi connectivity index (χ0v) is 11.8. The van der Waals surface area contributed by atoms with Crippen molar-refractivity contribution in [2.24, 2.45) is 0 Å². The highest BCUT2D eigenvalue weighted by Gasteiger charge is 2.20. The maximum atomic E-state index is 13.9. The molecule has 0 radical (unpaired) electrons. The predicted molar refractivity (Wildman–Crippen MR) is 75.7 cm³/mol. The Bertz CT molecular complexity index is 570. The van der Waals surface area contributed by atoms with Crippen LogP contribution in [0.1, 0.15) is 24.1 Å². The van der Waals surface area contributed by atoms with E-state index < -0.39 is 17.7 Å². The molecule has 2 rings (SSSR count). The van der Waals surface area contributed by atoms with Crippen molar-refractivity contribution in [3.8, 4) is 0 Å². The number of benzene rings is 1. The molecular formula is C15H15ClF2N2. The van der Waals surface area contributed by atoms with E-state index in [0.717, 1.165) is 5.56 Å². The molecule has 1 heterocycles. The van der Waals surface area contributed by atoms with Crippen LogP contribution < -0.4 is 5.32 Å². The highest BCUT2D eigenvalue weighted by Crippen LogP contribution is 2.26. The third-order valence-corrected chi connectivity index (χ3v) is 3.42. The van der Waals surface area contributed by atoms with Crippen LogP contribution in [0.15, 0.2) is 36.7 Å². The van der Waals surface area contributed by atoms with Crippen molar-refractivity contribution >= 4 is 11.6 Å². The molecule has 0 bridgehead atoms. The molecule has 0 saturated heterocycles. The van der Waals surface area contributed by atoms with Crippen molar-refractivity contribution in [3.63, 3.8) is 0 Å². The van der Waals surface area contributed by atoms with Crippen LogP contribution in [0.2, 0.25) is 5.02 Å². The largest absolute Gasteiger partial charge is 0.310 e. The Balaban J connectivity index is 2.35. The summed E-state index contributed by atoms with van der Waals surface area (Å²) < 4.78 is 27.8. The van der Waals surface area contributed by atoms with Crippen LogP contribution in [-0.4, -0.2) is 11.5 Å². The van der Waals surface area contributed by atoms with Crippen molar-refractivity contribution in [1.29, 1.82) is 0 Å². The van der Waals surface area contributed by atoms with Gasteiger partial charge in [0.1, 0.15) is 11.6 Å². The normalized spacial score (nSPS) is 12.4. The molecule has 0 aliphatic heterocycles. The van der Waals surface area contributed by atoms with Gasteiger partial charge < -0.3 is 5.32 Å². The average Bonchev–Trinajstić information content (AvgIpc) is 2.41. The molecule has 20 heavy (non-hydrogen) atoms. The van der Waals surface area contributed by atoms with Crippen molar-refractivity contribution < 1.29 is 8.78 Å². The van der Waals surface area contributed by atoms with E-state index in [9.17, 15) is 8.78 Å². The maximum Gasteiger partial charge on any atom is 0.130 e. The minimum Gasteiger partial charge on any atom is -0.310 e. The minimum atomic E-state index is -0.555. The van der Waals surface area contributed by atoms with Crippen molar-refractivity contribution in [1.82, 2.24) is 10.3 Å². The number of nitrogens with zero attached hydrogens (tertiary/aromatic N) is 1. The van der Waals surface area contributed by atoms with Gasteiger partial charge in [0.25, 0.3) is 0 Å². The van der Waals surface area contributed by atoms with Crippen LogP contribution in [0.25, 0.3) is 0 Å². The first-order valence-electron chi connectivity index (χ1n) is 6.39. The Kier molecular flexibility index (Phi) is 5.04. The topological polar surface area (TPSA) is 24.9 Å². The molecule has 0 aliphatic rings. The molecule has 1 aromatic heterocycles. The molecule has 1 atom stereocenters. The Hall–Kier alpha value is -1.52. The van der Waals surface area contributed by atoms with Gasteiger partial charge in [-0.2, -0.15) is 0 Å². The van der Waals surface area contributed by atoms with Gasteiger partial charge in [-0.25, -0.2) is 8.78 Å². The van der Waals surface area contributed by atoms with Gasteiger partial charge in [0.2, 0.25) is 0 Å². The van der Waals surface area contributed by atoms with Gasteiger partial charge in [0.05, 0.1) is 5.02 Å². The van der Waals surface area contributed by atoms with Gasteiger partial charge in [-0.3, -0.25) is 4.98 Å². The first-order chi connectivity index (χ1) is 9.63. The first-order valence-corrected chi connectivity index (χ1v) is 6.77. The molecule has 106 valence electrons. The quantitative estimate of drug-likeness (QED) is 0.905. The van der Waals surface area contributed by atoms with Crippen LogP contribution in [-0.2, 0) is 6.42 Å². The Labute approximate surface area is 121 Å². The third-order valence-electron chi connectivity index (χ3n) is 3.08. The van der Waals surface area contributed by atoms with Crippen LogP contribution in [0.3, 0.4) is 0 Å². The first kappa shape index (κ1) is 14.9. The second kappa shape index (κ2) is 6.77. The fourth-order valence-corrected chi connectivity index (χ4v) is 2.35. The summed E-state index contributed by atoms with van der Waals surface area (Å²) in [6, 6.07) is 5.16. The van der Waals surface area contributed by atoms with Crippen molar-refractivity contribution in [2.45, 2.75) is 19.4 Å². The van der Waals surface area contributed by atoms with E-state index in [4.69, 9.17) is 11.6 Å². The number of halogens is 3. The summed E-state index contributed by atoms with van der Waals surface area (Å²) in [4.78, 5) is 3.91. The molecule has 1 unspecified atom stereocenters. The molecule has 0 fully saturated rings. The van der Waals surface area contributed by atoms with E-state index >= 15 is 0 Å². The van der Waals surface area contributed by atoms with E-state index in [1.165, 1.54) is 24.4 Å². The molecule has 0 amide bonds. The van der Waals surface area contributed by atoms with E-state index in [-0.39, 0.29) is 5.56 Å². The number of pyridine rings is 1. The molecule has 1 aromatic carbocycles. The summed E-state index contributed by atoms with van der Waals surface area (Å²) in [7, 11) is 0. The average molecular weight is 297 g/mol. The van der Waals surface area contributed by atoms with Crippen LogP contribution in [0, 0.1) is 11.6 Å². The van der Waals surface area contributed by atoms with Gasteiger partial charge in [0, 0.05) is 24.0 Å². The zero-order valence-electron chi connectivity index (χ0n) is 11.0. The summed E-state index contributed by atoms with van der Waals surface area (Å²) in [6.45, 7) is 2.49. The lowest BCUT2D eigenvalue weighted by atomic mass is 9.98. The Morgan fingerprint density at radius 2 is 1.95 bits per heavy atom. The summed E-state index contributed by atoms with van der Waals surface area (Å²) in [5.74, 6) is -1.11.